The predicted molar refractivity (Wildman–Crippen MR) is 40.0 cm³/mol. The van der Waals surface area contributed by atoms with Crippen molar-refractivity contribution in [3.05, 3.63) is 6.61 Å². The van der Waals surface area contributed by atoms with Crippen molar-refractivity contribution >= 4 is 5.78 Å². The summed E-state index contributed by atoms with van der Waals surface area (Å²) in [7, 11) is 0. The van der Waals surface area contributed by atoms with Crippen LogP contribution in [-0.4, -0.2) is 10.9 Å². The molecule has 1 radical (unpaired) electrons. The predicted octanol–water partition coefficient (Wildman–Crippen LogP) is 2.06. The van der Waals surface area contributed by atoms with E-state index in [2.05, 4.69) is 6.92 Å². The Bertz CT molecular complexity index is 89.3. The van der Waals surface area contributed by atoms with E-state index < -0.39 is 0 Å². The fourth-order valence-electron chi connectivity index (χ4n) is 0.791. The second kappa shape index (κ2) is 6.75. The molecule has 0 aromatic carbocycles. The quantitative estimate of drug-likeness (QED) is 0.578. The molecule has 1 N–H and O–H groups in total. The molecule has 0 aliphatic carbocycles. The zero-order chi connectivity index (χ0) is 7.82. The highest BCUT2D eigenvalue weighted by Crippen LogP contribution is 2.02. The van der Waals surface area contributed by atoms with Crippen LogP contribution in [0.1, 0.15) is 39.0 Å². The van der Waals surface area contributed by atoms with Gasteiger partial charge in [0.25, 0.3) is 0 Å². The van der Waals surface area contributed by atoms with Gasteiger partial charge >= 0.3 is 0 Å². The summed E-state index contributed by atoms with van der Waals surface area (Å²) in [5, 5.41) is 8.22. The summed E-state index contributed by atoms with van der Waals surface area (Å²) in [4.78, 5) is 10.5. The Morgan fingerprint density at radius 3 is 2.60 bits per heavy atom. The smallest absolute Gasteiger partial charge is 0.164 e. The Labute approximate surface area is 62.2 Å². The molecule has 10 heavy (non-hydrogen) atoms. The van der Waals surface area contributed by atoms with Crippen molar-refractivity contribution in [1.82, 2.24) is 0 Å². The van der Waals surface area contributed by atoms with Gasteiger partial charge in [0.1, 0.15) is 6.61 Å². The normalized spacial score (nSPS) is 9.80. The number of aliphatic hydroxyl groups is 1. The van der Waals surface area contributed by atoms with E-state index in [0.29, 0.717) is 13.0 Å². The average Bonchev–Trinajstić information content (AvgIpc) is 1.98. The van der Waals surface area contributed by atoms with E-state index in [0.717, 1.165) is 12.8 Å². The van der Waals surface area contributed by atoms with Crippen LogP contribution in [0.4, 0.5) is 0 Å². The van der Waals surface area contributed by atoms with E-state index in [4.69, 9.17) is 5.11 Å². The molecule has 0 rings (SSSR count). The summed E-state index contributed by atoms with van der Waals surface area (Å²) < 4.78 is 0. The summed E-state index contributed by atoms with van der Waals surface area (Å²) >= 11 is 0. The molecule has 0 spiro atoms. The third-order valence-corrected chi connectivity index (χ3v) is 1.42. The van der Waals surface area contributed by atoms with Gasteiger partial charge < -0.3 is 5.11 Å². The first-order valence-corrected chi connectivity index (χ1v) is 3.81. The number of aliphatic hydroxyl groups excluding tert-OH is 1. The molecule has 0 aliphatic rings. The van der Waals surface area contributed by atoms with Crippen molar-refractivity contribution in [3.63, 3.8) is 0 Å². The maximum Gasteiger partial charge on any atom is 0.164 e. The fourth-order valence-corrected chi connectivity index (χ4v) is 0.791. The van der Waals surface area contributed by atoms with Gasteiger partial charge in [0.05, 0.1) is 0 Å². The minimum absolute atomic E-state index is 0.156. The minimum atomic E-state index is -0.156. The lowest BCUT2D eigenvalue weighted by Gasteiger charge is -1.95. The molecule has 0 amide bonds. The summed E-state index contributed by atoms with van der Waals surface area (Å²) in [6.45, 7) is 2.78. The molecule has 0 saturated heterocycles. The number of unbranched alkanes of at least 4 members (excludes halogenated alkanes) is 3. The Hall–Kier alpha value is -0.370. The number of hydrogen-bond donors (Lipinski definition) is 1. The number of hydrogen-bond acceptors (Lipinski definition) is 2. The lowest BCUT2D eigenvalue weighted by Crippen LogP contribution is -1.96. The zero-order valence-electron chi connectivity index (χ0n) is 6.47. The van der Waals surface area contributed by atoms with E-state index in [1.54, 1.807) is 0 Å². The number of Topliss-reactive ketones (excluding diaryl/α,β-unsaturated/α-hetero) is 1. The van der Waals surface area contributed by atoms with Gasteiger partial charge in [-0.05, 0) is 6.42 Å². The van der Waals surface area contributed by atoms with E-state index in [1.807, 2.05) is 0 Å². The minimum Gasteiger partial charge on any atom is -0.382 e. The standard InChI is InChI=1S/C8H15O2/c1-2-3-4-5-6-8(10)7-9/h7,9H,2-6H2,1H3. The molecule has 0 heterocycles. The van der Waals surface area contributed by atoms with Crippen LogP contribution in [0.25, 0.3) is 0 Å². The van der Waals surface area contributed by atoms with Crippen LogP contribution < -0.4 is 0 Å². The molecule has 0 aliphatic heterocycles. The molecule has 2 heteroatoms. The summed E-state index contributed by atoms with van der Waals surface area (Å²) in [5.74, 6) is -0.156. The van der Waals surface area contributed by atoms with Gasteiger partial charge in [-0.2, -0.15) is 0 Å². The molecule has 59 valence electrons. The lowest BCUT2D eigenvalue weighted by molar-refractivity contribution is -0.118. The average molecular weight is 143 g/mol. The molecule has 0 fully saturated rings. The summed E-state index contributed by atoms with van der Waals surface area (Å²) in [5.41, 5.74) is 0. The number of carbonyl (C=O) groups is 1. The molecule has 0 saturated carbocycles. The van der Waals surface area contributed by atoms with Gasteiger partial charge in [0.15, 0.2) is 5.78 Å². The molecular weight excluding hydrogens is 128 g/mol. The second-order valence-corrected chi connectivity index (χ2v) is 2.41. The highest BCUT2D eigenvalue weighted by atomic mass is 16.3. The fraction of sp³-hybridized carbons (Fsp3) is 0.750. The van der Waals surface area contributed by atoms with Crippen molar-refractivity contribution in [2.75, 3.05) is 0 Å². The largest absolute Gasteiger partial charge is 0.382 e. The SMILES string of the molecule is CCCCCCC(=O)[CH]O. The number of ketones is 1. The van der Waals surface area contributed by atoms with Crippen molar-refractivity contribution in [3.8, 4) is 0 Å². The van der Waals surface area contributed by atoms with Gasteiger partial charge in [0, 0.05) is 6.42 Å². The monoisotopic (exact) mass is 143 g/mol. The Kier molecular flexibility index (Phi) is 6.50. The third kappa shape index (κ3) is 5.76. The van der Waals surface area contributed by atoms with Crippen LogP contribution in [0, 0.1) is 6.61 Å². The van der Waals surface area contributed by atoms with Crippen LogP contribution in [-0.2, 0) is 4.79 Å². The molecular formula is C8H15O2. The van der Waals surface area contributed by atoms with Crippen molar-refractivity contribution in [2.45, 2.75) is 39.0 Å². The topological polar surface area (TPSA) is 37.3 Å². The highest BCUT2D eigenvalue weighted by Gasteiger charge is 1.97. The number of rotatable bonds is 6. The van der Waals surface area contributed by atoms with Gasteiger partial charge in [0.2, 0.25) is 0 Å². The van der Waals surface area contributed by atoms with Gasteiger partial charge in [-0.3, -0.25) is 4.79 Å². The molecule has 0 unspecified atom stereocenters. The summed E-state index contributed by atoms with van der Waals surface area (Å²) in [6, 6.07) is 0. The van der Waals surface area contributed by atoms with E-state index in [-0.39, 0.29) is 5.78 Å². The Morgan fingerprint density at radius 2 is 2.10 bits per heavy atom. The first-order valence-electron chi connectivity index (χ1n) is 3.81. The number of carbonyl (C=O) groups excluding carboxylic acids is 1. The van der Waals surface area contributed by atoms with Gasteiger partial charge in [-0.25, -0.2) is 0 Å². The van der Waals surface area contributed by atoms with Crippen LogP contribution in [0.15, 0.2) is 0 Å². The highest BCUT2D eigenvalue weighted by molar-refractivity contribution is 5.84. The van der Waals surface area contributed by atoms with Crippen LogP contribution >= 0.6 is 0 Å². The molecule has 2 nitrogen and oxygen atoms in total. The third-order valence-electron chi connectivity index (χ3n) is 1.42. The van der Waals surface area contributed by atoms with Crippen molar-refractivity contribution in [2.24, 2.45) is 0 Å². The first-order chi connectivity index (χ1) is 4.81. The lowest BCUT2D eigenvalue weighted by atomic mass is 10.1. The molecule has 0 aromatic heterocycles. The molecule has 0 bridgehead atoms. The maximum atomic E-state index is 10.5. The Balaban J connectivity index is 2.96. The maximum absolute atomic E-state index is 10.5. The van der Waals surface area contributed by atoms with Crippen LogP contribution in [0.2, 0.25) is 0 Å². The Morgan fingerprint density at radius 1 is 1.40 bits per heavy atom. The second-order valence-electron chi connectivity index (χ2n) is 2.41. The van der Waals surface area contributed by atoms with Crippen molar-refractivity contribution in [1.29, 1.82) is 0 Å². The first kappa shape index (κ1) is 9.63. The molecule has 0 atom stereocenters. The van der Waals surface area contributed by atoms with Gasteiger partial charge in [-0.15, -0.1) is 0 Å². The van der Waals surface area contributed by atoms with Gasteiger partial charge in [-0.1, -0.05) is 26.2 Å². The molecule has 0 aromatic rings. The van der Waals surface area contributed by atoms with E-state index in [9.17, 15) is 4.79 Å². The van der Waals surface area contributed by atoms with Crippen LogP contribution in [0.3, 0.4) is 0 Å². The van der Waals surface area contributed by atoms with Crippen molar-refractivity contribution < 1.29 is 9.90 Å². The van der Waals surface area contributed by atoms with Crippen LogP contribution in [0.5, 0.6) is 0 Å². The van der Waals surface area contributed by atoms with E-state index in [1.165, 1.54) is 12.8 Å². The zero-order valence-corrected chi connectivity index (χ0v) is 6.47. The van der Waals surface area contributed by atoms with E-state index >= 15 is 0 Å². The summed E-state index contributed by atoms with van der Waals surface area (Å²) in [6.07, 6.45) is 4.85.